The number of aromatic nitrogens is 1. The maximum absolute atomic E-state index is 11.5. The molecule has 1 aliphatic carbocycles. The molecular weight excluding hydrogens is 180 g/mol. The number of pyridine rings is 1. The van der Waals surface area contributed by atoms with Gasteiger partial charge in [-0.2, -0.15) is 0 Å². The van der Waals surface area contributed by atoms with Crippen molar-refractivity contribution in [2.45, 2.75) is 26.2 Å². The molecule has 0 unspecified atom stereocenters. The lowest BCUT2D eigenvalue weighted by Gasteiger charge is -2.06. The Morgan fingerprint density at radius 2 is 2.00 bits per heavy atom. The van der Waals surface area contributed by atoms with Crippen LogP contribution in [0.25, 0.3) is 0 Å². The van der Waals surface area contributed by atoms with Crippen molar-refractivity contribution < 1.29 is 4.79 Å². The largest absolute Gasteiger partial charge is 0.365 e. The van der Waals surface area contributed by atoms with Gasteiger partial charge in [0.25, 0.3) is 11.5 Å². The van der Waals surface area contributed by atoms with Crippen LogP contribution in [-0.2, 0) is 12.8 Å². The third-order valence-electron chi connectivity index (χ3n) is 2.75. The molecule has 2 rings (SSSR count). The van der Waals surface area contributed by atoms with Crippen molar-refractivity contribution in [3.8, 4) is 0 Å². The Morgan fingerprint density at radius 1 is 1.36 bits per heavy atom. The molecule has 0 aromatic carbocycles. The van der Waals surface area contributed by atoms with E-state index in [9.17, 15) is 9.59 Å². The minimum Gasteiger partial charge on any atom is -0.365 e. The molecule has 0 aliphatic heterocycles. The molecule has 1 aliphatic rings. The number of rotatable bonds is 1. The van der Waals surface area contributed by atoms with E-state index in [1.165, 1.54) is 0 Å². The molecule has 4 heteroatoms. The number of nitrogens with one attached hydrogen (secondary N) is 1. The van der Waals surface area contributed by atoms with Gasteiger partial charge in [0.05, 0.1) is 0 Å². The van der Waals surface area contributed by atoms with Crippen molar-refractivity contribution >= 4 is 5.91 Å². The van der Waals surface area contributed by atoms with Crippen molar-refractivity contribution in [1.29, 1.82) is 0 Å². The maximum Gasteiger partial charge on any atom is 0.261 e. The summed E-state index contributed by atoms with van der Waals surface area (Å²) < 4.78 is 0. The minimum atomic E-state index is -0.621. The third-order valence-corrected chi connectivity index (χ3v) is 2.75. The molecule has 1 aromatic heterocycles. The predicted molar refractivity (Wildman–Crippen MR) is 52.3 cm³/mol. The SMILES string of the molecule is Cc1[nH]c(=O)c(C(N)=O)c2c1CCC2. The Bertz CT molecular complexity index is 460. The Labute approximate surface area is 81.1 Å². The number of aromatic amines is 1. The zero-order chi connectivity index (χ0) is 10.3. The summed E-state index contributed by atoms with van der Waals surface area (Å²) in [6.07, 6.45) is 2.71. The lowest BCUT2D eigenvalue weighted by atomic mass is 10.0. The highest BCUT2D eigenvalue weighted by molar-refractivity contribution is 5.94. The second-order valence-electron chi connectivity index (χ2n) is 3.63. The topological polar surface area (TPSA) is 75.9 Å². The van der Waals surface area contributed by atoms with E-state index >= 15 is 0 Å². The first kappa shape index (κ1) is 8.99. The van der Waals surface area contributed by atoms with Crippen LogP contribution in [0.15, 0.2) is 4.79 Å². The highest BCUT2D eigenvalue weighted by atomic mass is 16.2. The van der Waals surface area contributed by atoms with Gasteiger partial charge in [0.1, 0.15) is 5.56 Å². The number of nitrogens with two attached hydrogens (primary N) is 1. The van der Waals surface area contributed by atoms with Gasteiger partial charge in [-0.3, -0.25) is 9.59 Å². The molecule has 1 heterocycles. The first-order valence-corrected chi connectivity index (χ1v) is 4.65. The highest BCUT2D eigenvalue weighted by Crippen LogP contribution is 2.24. The average molecular weight is 192 g/mol. The van der Waals surface area contributed by atoms with Crippen molar-refractivity contribution in [3.63, 3.8) is 0 Å². The van der Waals surface area contributed by atoms with Crippen LogP contribution < -0.4 is 11.3 Å². The zero-order valence-corrected chi connectivity index (χ0v) is 8.02. The summed E-state index contributed by atoms with van der Waals surface area (Å²) >= 11 is 0. The first-order valence-electron chi connectivity index (χ1n) is 4.65. The molecule has 0 atom stereocenters. The Morgan fingerprint density at radius 3 is 2.64 bits per heavy atom. The number of carbonyl (C=O) groups is 1. The second-order valence-corrected chi connectivity index (χ2v) is 3.63. The van der Waals surface area contributed by atoms with Gasteiger partial charge in [0, 0.05) is 5.69 Å². The van der Waals surface area contributed by atoms with Crippen LogP contribution in [0.4, 0.5) is 0 Å². The summed E-state index contributed by atoms with van der Waals surface area (Å²) in [7, 11) is 0. The Kier molecular flexibility index (Phi) is 1.91. The van der Waals surface area contributed by atoms with E-state index in [0.29, 0.717) is 0 Å². The van der Waals surface area contributed by atoms with E-state index in [1.807, 2.05) is 6.92 Å². The fourth-order valence-electron chi connectivity index (χ4n) is 2.14. The van der Waals surface area contributed by atoms with E-state index < -0.39 is 5.91 Å². The Balaban J connectivity index is 2.78. The van der Waals surface area contributed by atoms with Crippen LogP contribution in [0.2, 0.25) is 0 Å². The number of aryl methyl sites for hydroxylation is 1. The van der Waals surface area contributed by atoms with Gasteiger partial charge in [-0.15, -0.1) is 0 Å². The predicted octanol–water partition coefficient (Wildman–Crippen LogP) is 0.271. The van der Waals surface area contributed by atoms with Crippen LogP contribution >= 0.6 is 0 Å². The number of hydrogen-bond acceptors (Lipinski definition) is 2. The number of primary amides is 1. The van der Waals surface area contributed by atoms with Crippen molar-refractivity contribution in [3.05, 3.63) is 32.7 Å². The van der Waals surface area contributed by atoms with Crippen LogP contribution in [0.1, 0.15) is 33.6 Å². The monoisotopic (exact) mass is 192 g/mol. The van der Waals surface area contributed by atoms with Gasteiger partial charge in [0.2, 0.25) is 0 Å². The quantitative estimate of drug-likeness (QED) is 0.670. The fraction of sp³-hybridized carbons (Fsp3) is 0.400. The minimum absolute atomic E-state index is 0.156. The summed E-state index contributed by atoms with van der Waals surface area (Å²) in [5.41, 5.74) is 7.81. The van der Waals surface area contributed by atoms with E-state index in [4.69, 9.17) is 5.73 Å². The molecule has 0 fully saturated rings. The van der Waals surface area contributed by atoms with Gasteiger partial charge in [-0.25, -0.2) is 0 Å². The Hall–Kier alpha value is -1.58. The molecule has 0 spiro atoms. The standard InChI is InChI=1S/C10H12N2O2/c1-5-6-3-2-4-7(6)8(9(11)13)10(14)12-5/h2-4H2,1H3,(H2,11,13)(H,12,14). The fourth-order valence-corrected chi connectivity index (χ4v) is 2.14. The third kappa shape index (κ3) is 1.14. The number of hydrogen-bond donors (Lipinski definition) is 2. The van der Waals surface area contributed by atoms with Crippen LogP contribution in [0, 0.1) is 6.92 Å². The van der Waals surface area contributed by atoms with Crippen molar-refractivity contribution in [2.75, 3.05) is 0 Å². The van der Waals surface area contributed by atoms with Gasteiger partial charge in [0.15, 0.2) is 0 Å². The number of amides is 1. The molecular formula is C10H12N2O2. The molecule has 1 aromatic rings. The summed E-state index contributed by atoms with van der Waals surface area (Å²) in [6.45, 7) is 1.86. The summed E-state index contributed by atoms with van der Waals surface area (Å²) in [5, 5.41) is 0. The normalized spacial score (nSPS) is 14.1. The number of H-pyrrole nitrogens is 1. The number of fused-ring (bicyclic) bond motifs is 1. The maximum atomic E-state index is 11.5. The van der Waals surface area contributed by atoms with E-state index in [-0.39, 0.29) is 11.1 Å². The van der Waals surface area contributed by atoms with Crippen molar-refractivity contribution in [1.82, 2.24) is 4.98 Å². The van der Waals surface area contributed by atoms with Gasteiger partial charge >= 0.3 is 0 Å². The summed E-state index contributed by atoms with van der Waals surface area (Å²) in [5.74, 6) is -0.621. The van der Waals surface area contributed by atoms with Gasteiger partial charge < -0.3 is 10.7 Å². The lowest BCUT2D eigenvalue weighted by Crippen LogP contribution is -2.26. The van der Waals surface area contributed by atoms with Crippen LogP contribution in [0.3, 0.4) is 0 Å². The van der Waals surface area contributed by atoms with E-state index in [2.05, 4.69) is 4.98 Å². The molecule has 3 N–H and O–H groups in total. The van der Waals surface area contributed by atoms with Gasteiger partial charge in [-0.1, -0.05) is 0 Å². The van der Waals surface area contributed by atoms with Crippen LogP contribution in [-0.4, -0.2) is 10.9 Å². The molecule has 1 amide bonds. The molecule has 0 bridgehead atoms. The number of carbonyl (C=O) groups excluding carboxylic acids is 1. The molecule has 4 nitrogen and oxygen atoms in total. The molecule has 0 saturated carbocycles. The average Bonchev–Trinajstić information content (AvgIpc) is 2.51. The van der Waals surface area contributed by atoms with Gasteiger partial charge in [-0.05, 0) is 37.3 Å². The summed E-state index contributed by atoms with van der Waals surface area (Å²) in [4.78, 5) is 25.2. The molecule has 74 valence electrons. The lowest BCUT2D eigenvalue weighted by molar-refractivity contribution is 0.0998. The molecule has 0 saturated heterocycles. The zero-order valence-electron chi connectivity index (χ0n) is 8.02. The van der Waals surface area contributed by atoms with Crippen molar-refractivity contribution in [2.24, 2.45) is 5.73 Å². The van der Waals surface area contributed by atoms with E-state index in [0.717, 1.165) is 36.1 Å². The molecule has 0 radical (unpaired) electrons. The highest BCUT2D eigenvalue weighted by Gasteiger charge is 2.22. The first-order chi connectivity index (χ1) is 6.61. The smallest absolute Gasteiger partial charge is 0.261 e. The second kappa shape index (κ2) is 2.97. The van der Waals surface area contributed by atoms with E-state index in [1.54, 1.807) is 0 Å². The molecule has 14 heavy (non-hydrogen) atoms. The van der Waals surface area contributed by atoms with Crippen LogP contribution in [0.5, 0.6) is 0 Å². The summed E-state index contributed by atoms with van der Waals surface area (Å²) in [6, 6.07) is 0.